The van der Waals surface area contributed by atoms with E-state index in [4.69, 9.17) is 9.47 Å². The Bertz CT molecular complexity index is 1680. The summed E-state index contributed by atoms with van der Waals surface area (Å²) in [4.78, 5) is 33.0. The molecule has 2 atom stereocenters. The molecule has 0 saturated carbocycles. The fraction of sp³-hybridized carbons (Fsp3) is 0.588. The van der Waals surface area contributed by atoms with Gasteiger partial charge in [-0.3, -0.25) is 4.79 Å². The van der Waals surface area contributed by atoms with Crippen molar-refractivity contribution in [2.75, 3.05) is 48.5 Å². The number of thiol groups is 1. The Morgan fingerprint density at radius 1 is 1.14 bits per heavy atom. The molecule has 2 aromatic heterocycles. The van der Waals surface area contributed by atoms with Crippen LogP contribution >= 0.6 is 11.3 Å². The molecule has 3 aliphatic rings. The number of carbonyl (C=O) groups excluding carboxylic acids is 1. The van der Waals surface area contributed by atoms with Crippen molar-refractivity contribution in [3.63, 3.8) is 0 Å². The van der Waals surface area contributed by atoms with Crippen molar-refractivity contribution in [3.8, 4) is 11.5 Å². The van der Waals surface area contributed by atoms with E-state index in [1.807, 2.05) is 34.6 Å². The van der Waals surface area contributed by atoms with Crippen molar-refractivity contribution in [1.29, 1.82) is 0 Å². The molecule has 6 rings (SSSR count). The molecule has 1 aromatic carbocycles. The SMILES string of the molecule is Cc1nc(N([C@@H]2CC[C@@H](CN3CCC4(CC3)CN(c3ncncc3Oc3ccc(F)cc3C(=O)N(C(C)C)C(C)C)C4)OC2)[SH](=O)=O)cs1. The molecular formula is C34H46FN7O5S2. The van der Waals surface area contributed by atoms with Gasteiger partial charge in [0.05, 0.1) is 35.5 Å². The molecule has 0 aliphatic carbocycles. The number of aromatic nitrogens is 3. The van der Waals surface area contributed by atoms with Gasteiger partial charge in [-0.15, -0.1) is 11.3 Å². The van der Waals surface area contributed by atoms with E-state index in [1.54, 1.807) is 16.5 Å². The zero-order chi connectivity index (χ0) is 34.9. The minimum absolute atomic E-state index is 0.0711. The number of hydrogen-bond donors (Lipinski definition) is 1. The summed E-state index contributed by atoms with van der Waals surface area (Å²) in [7, 11) is -2.80. The van der Waals surface area contributed by atoms with Crippen LogP contribution in [0.1, 0.15) is 68.7 Å². The Labute approximate surface area is 293 Å². The van der Waals surface area contributed by atoms with Gasteiger partial charge in [-0.1, -0.05) is 0 Å². The molecular weight excluding hydrogens is 670 g/mol. The second-order valence-electron chi connectivity index (χ2n) is 14.0. The lowest BCUT2D eigenvalue weighted by molar-refractivity contribution is -0.0269. The third-order valence-corrected chi connectivity index (χ3v) is 11.5. The van der Waals surface area contributed by atoms with Gasteiger partial charge in [0.15, 0.2) is 17.4 Å². The van der Waals surface area contributed by atoms with E-state index in [0.717, 1.165) is 63.4 Å². The van der Waals surface area contributed by atoms with Crippen LogP contribution in [0.2, 0.25) is 0 Å². The highest BCUT2D eigenvalue weighted by Crippen LogP contribution is 2.45. The largest absolute Gasteiger partial charge is 0.451 e. The van der Waals surface area contributed by atoms with Crippen LogP contribution in [0, 0.1) is 18.2 Å². The lowest BCUT2D eigenvalue weighted by atomic mass is 9.72. The maximum atomic E-state index is 14.4. The van der Waals surface area contributed by atoms with Gasteiger partial charge in [0.25, 0.3) is 5.91 Å². The van der Waals surface area contributed by atoms with Gasteiger partial charge in [0.1, 0.15) is 17.9 Å². The first-order valence-electron chi connectivity index (χ1n) is 17.0. The molecule has 5 heterocycles. The van der Waals surface area contributed by atoms with E-state index < -0.39 is 16.7 Å². The van der Waals surface area contributed by atoms with Gasteiger partial charge in [0, 0.05) is 42.5 Å². The van der Waals surface area contributed by atoms with Gasteiger partial charge in [0.2, 0.25) is 10.9 Å². The highest BCUT2D eigenvalue weighted by atomic mass is 32.2. The number of amides is 1. The van der Waals surface area contributed by atoms with Crippen molar-refractivity contribution in [3.05, 3.63) is 52.5 Å². The summed E-state index contributed by atoms with van der Waals surface area (Å²) in [5.41, 5.74) is 0.337. The molecule has 15 heteroatoms. The first kappa shape index (κ1) is 35.4. The number of nitrogens with zero attached hydrogens (tertiary/aromatic N) is 7. The number of carbonyl (C=O) groups is 1. The van der Waals surface area contributed by atoms with Crippen LogP contribution in [0.4, 0.5) is 16.0 Å². The molecule has 3 saturated heterocycles. The van der Waals surface area contributed by atoms with Crippen molar-refractivity contribution < 1.29 is 27.1 Å². The summed E-state index contributed by atoms with van der Waals surface area (Å²) in [6.45, 7) is 14.4. The topological polar surface area (TPSA) is 121 Å². The smallest absolute Gasteiger partial charge is 0.258 e. The van der Waals surface area contributed by atoms with Crippen LogP contribution in [0.15, 0.2) is 36.1 Å². The van der Waals surface area contributed by atoms with Crippen LogP contribution in [0.25, 0.3) is 0 Å². The maximum Gasteiger partial charge on any atom is 0.258 e. The van der Waals surface area contributed by atoms with Crippen molar-refractivity contribution in [2.45, 2.75) is 84.5 Å². The van der Waals surface area contributed by atoms with Crippen molar-refractivity contribution in [2.24, 2.45) is 5.41 Å². The average molecular weight is 716 g/mol. The van der Waals surface area contributed by atoms with Crippen LogP contribution in [-0.2, 0) is 15.6 Å². The second-order valence-corrected chi connectivity index (χ2v) is 16.0. The normalized spacial score (nSPS) is 21.0. The fourth-order valence-electron chi connectivity index (χ4n) is 7.42. The summed E-state index contributed by atoms with van der Waals surface area (Å²) in [5.74, 6) is 1.03. The number of halogens is 1. The maximum absolute atomic E-state index is 14.4. The Balaban J connectivity index is 1.03. The Kier molecular flexibility index (Phi) is 10.7. The number of thiazole rings is 1. The molecule has 0 N–H and O–H groups in total. The van der Waals surface area contributed by atoms with E-state index in [-0.39, 0.29) is 46.9 Å². The molecule has 1 amide bonds. The van der Waals surface area contributed by atoms with Crippen LogP contribution in [-0.4, -0.2) is 103 Å². The van der Waals surface area contributed by atoms with Crippen LogP contribution in [0.3, 0.4) is 0 Å². The first-order valence-corrected chi connectivity index (χ1v) is 19.0. The minimum atomic E-state index is -2.80. The molecule has 49 heavy (non-hydrogen) atoms. The predicted molar refractivity (Wildman–Crippen MR) is 188 cm³/mol. The molecule has 0 bridgehead atoms. The van der Waals surface area contributed by atoms with Gasteiger partial charge in [-0.25, -0.2) is 32.1 Å². The lowest BCUT2D eigenvalue weighted by Crippen LogP contribution is -2.61. The summed E-state index contributed by atoms with van der Waals surface area (Å²) < 4.78 is 52.3. The van der Waals surface area contributed by atoms with Crippen LogP contribution in [0.5, 0.6) is 11.5 Å². The quantitative estimate of drug-likeness (QED) is 0.274. The van der Waals surface area contributed by atoms with Crippen molar-refractivity contribution in [1.82, 2.24) is 24.8 Å². The standard InChI is InChI=1S/C34H46FN7O5S2/c1-22(2)41(23(3)4)33(43)28-14-25(35)6-9-29(28)47-30-15-36-21-37-32(30)40-19-34(20-40)10-12-39(13-11-34)16-27-8-7-26(17-46-27)42(49(44)45)31-18-48-24(5)38-31/h6,9,14-15,18,21-23,26-27,49H,7-8,10-13,16-17,19-20H2,1-5H3/t26-,27+/m1/s1. The van der Waals surface area contributed by atoms with E-state index in [1.165, 1.54) is 40.2 Å². The molecule has 0 radical (unpaired) electrons. The minimum Gasteiger partial charge on any atom is -0.451 e. The molecule has 0 unspecified atom stereocenters. The zero-order valence-electron chi connectivity index (χ0n) is 28.7. The molecule has 12 nitrogen and oxygen atoms in total. The van der Waals surface area contributed by atoms with E-state index in [0.29, 0.717) is 24.0 Å². The Morgan fingerprint density at radius 3 is 2.49 bits per heavy atom. The lowest BCUT2D eigenvalue weighted by Gasteiger charge is -2.54. The molecule has 1 spiro atoms. The third-order valence-electron chi connectivity index (χ3n) is 9.84. The highest BCUT2D eigenvalue weighted by molar-refractivity contribution is 7.74. The number of ether oxygens (including phenoxy) is 2. The van der Waals surface area contributed by atoms with Gasteiger partial charge in [-0.05, 0) is 91.6 Å². The summed E-state index contributed by atoms with van der Waals surface area (Å²) >= 11 is 1.44. The van der Waals surface area contributed by atoms with E-state index in [9.17, 15) is 17.6 Å². The van der Waals surface area contributed by atoms with E-state index >= 15 is 0 Å². The highest BCUT2D eigenvalue weighted by Gasteiger charge is 2.46. The Morgan fingerprint density at radius 2 is 1.88 bits per heavy atom. The van der Waals surface area contributed by atoms with Crippen LogP contribution < -0.4 is 13.9 Å². The third kappa shape index (κ3) is 7.84. The predicted octanol–water partition coefficient (Wildman–Crippen LogP) is 4.91. The number of rotatable bonds is 11. The fourth-order valence-corrected chi connectivity index (χ4v) is 8.80. The van der Waals surface area contributed by atoms with Gasteiger partial charge < -0.3 is 24.2 Å². The molecule has 3 fully saturated rings. The monoisotopic (exact) mass is 715 g/mol. The number of aryl methyl sites for hydroxylation is 1. The Hall–Kier alpha value is -3.40. The molecule has 3 aromatic rings. The zero-order valence-corrected chi connectivity index (χ0v) is 30.5. The number of anilines is 2. The number of hydrogen-bond acceptors (Lipinski definition) is 11. The number of benzene rings is 1. The van der Waals surface area contributed by atoms with Gasteiger partial charge >= 0.3 is 0 Å². The van der Waals surface area contributed by atoms with Gasteiger partial charge in [-0.2, -0.15) is 0 Å². The summed E-state index contributed by atoms with van der Waals surface area (Å²) in [6, 6.07) is 3.64. The first-order chi connectivity index (χ1) is 23.4. The van der Waals surface area contributed by atoms with Crippen molar-refractivity contribution >= 4 is 39.8 Å². The average Bonchev–Trinajstić information content (AvgIpc) is 3.47. The number of likely N-dealkylation sites (tertiary alicyclic amines) is 1. The van der Waals surface area contributed by atoms with E-state index in [2.05, 4.69) is 24.8 Å². The molecule has 3 aliphatic heterocycles. The summed E-state index contributed by atoms with van der Waals surface area (Å²) in [5, 5.41) is 2.62. The summed E-state index contributed by atoms with van der Waals surface area (Å²) in [6.07, 6.45) is 6.79. The molecule has 266 valence electrons. The number of piperidine rings is 1. The second kappa shape index (κ2) is 14.8.